The third-order valence-corrected chi connectivity index (χ3v) is 7.96. The van der Waals surface area contributed by atoms with Crippen LogP contribution in [0.2, 0.25) is 0 Å². The van der Waals surface area contributed by atoms with Crippen LogP contribution < -0.4 is 16.0 Å². The molecule has 2 aromatic heterocycles. The molecule has 10 heteroatoms. The van der Waals surface area contributed by atoms with Gasteiger partial charge in [-0.2, -0.15) is 11.8 Å². The number of aromatic nitrogens is 3. The second-order valence-electron chi connectivity index (χ2n) is 10.2. The Labute approximate surface area is 226 Å². The number of fused-ring (bicyclic) bond motifs is 1. The lowest BCUT2D eigenvalue weighted by Crippen LogP contribution is -2.48. The van der Waals surface area contributed by atoms with Crippen molar-refractivity contribution in [1.29, 1.82) is 0 Å². The maximum absolute atomic E-state index is 13.1. The summed E-state index contributed by atoms with van der Waals surface area (Å²) in [6.07, 6.45) is 5.27. The first-order valence-electron chi connectivity index (χ1n) is 12.9. The predicted octanol–water partition coefficient (Wildman–Crippen LogP) is 5.86. The van der Waals surface area contributed by atoms with Gasteiger partial charge in [0.25, 0.3) is 6.43 Å². The van der Waals surface area contributed by atoms with Gasteiger partial charge >= 0.3 is 0 Å². The monoisotopic (exact) mass is 537 g/mol. The minimum Gasteiger partial charge on any atom is -0.404 e. The van der Waals surface area contributed by atoms with E-state index in [0.29, 0.717) is 47.5 Å². The van der Waals surface area contributed by atoms with Gasteiger partial charge in [-0.25, -0.2) is 23.7 Å². The van der Waals surface area contributed by atoms with E-state index < -0.39 is 12.5 Å². The average Bonchev–Trinajstić information content (AvgIpc) is 3.36. The standard InChI is InChI=1S/C28H33F2N7S/c1-16(2)18-4-7-24(37-13-17(14-37)15-38-3)21-12-33-26(10-19(18)21)35-25-8-9-32-28(36-25)20(11-31)22-5-6-23(34-22)27(29)30/h4,7-12,16-17,23,27H,5-6,13-15,31H2,1-3H3,(H,32,33,35,36). The molecule has 1 unspecified atom stereocenters. The third-order valence-electron chi connectivity index (χ3n) is 7.15. The fraction of sp³-hybridized carbons (Fsp3) is 0.429. The Balaban J connectivity index is 1.42. The number of thioether (sulfide) groups is 1. The smallest absolute Gasteiger partial charge is 0.260 e. The first kappa shape index (κ1) is 26.3. The summed E-state index contributed by atoms with van der Waals surface area (Å²) in [4.78, 5) is 20.2. The van der Waals surface area contributed by atoms with Gasteiger partial charge in [0, 0.05) is 54.4 Å². The van der Waals surface area contributed by atoms with Gasteiger partial charge in [0.15, 0.2) is 5.82 Å². The Morgan fingerprint density at radius 2 is 2.00 bits per heavy atom. The summed E-state index contributed by atoms with van der Waals surface area (Å²) in [5.74, 6) is 3.82. The molecule has 200 valence electrons. The number of nitrogens with zero attached hydrogens (tertiary/aromatic N) is 5. The van der Waals surface area contributed by atoms with Crippen LogP contribution in [0, 0.1) is 5.92 Å². The molecule has 7 nitrogen and oxygen atoms in total. The average molecular weight is 538 g/mol. The Bertz CT molecular complexity index is 1370. The quantitative estimate of drug-likeness (QED) is 0.353. The molecule has 0 radical (unpaired) electrons. The molecule has 1 atom stereocenters. The zero-order valence-electron chi connectivity index (χ0n) is 21.9. The third kappa shape index (κ3) is 5.32. The van der Waals surface area contributed by atoms with Gasteiger partial charge in [-0.05, 0) is 59.9 Å². The van der Waals surface area contributed by atoms with Crippen LogP contribution in [0.15, 0.2) is 47.9 Å². The highest BCUT2D eigenvalue weighted by Gasteiger charge is 2.29. The van der Waals surface area contributed by atoms with E-state index in [0.717, 1.165) is 24.4 Å². The summed E-state index contributed by atoms with van der Waals surface area (Å²) in [6, 6.07) is 7.26. The largest absolute Gasteiger partial charge is 0.404 e. The summed E-state index contributed by atoms with van der Waals surface area (Å²) < 4.78 is 26.2. The minimum atomic E-state index is -2.49. The number of benzene rings is 1. The molecule has 4 heterocycles. The molecule has 3 aromatic rings. The molecule has 0 aliphatic carbocycles. The Hall–Kier alpha value is -3.27. The second-order valence-corrected chi connectivity index (χ2v) is 11.1. The number of pyridine rings is 1. The minimum absolute atomic E-state index is 0.291. The Morgan fingerprint density at radius 3 is 2.68 bits per heavy atom. The van der Waals surface area contributed by atoms with Crippen LogP contribution >= 0.6 is 11.8 Å². The summed E-state index contributed by atoms with van der Waals surface area (Å²) in [6.45, 7) is 6.53. The maximum atomic E-state index is 13.1. The van der Waals surface area contributed by atoms with Crippen LogP contribution in [0.5, 0.6) is 0 Å². The number of anilines is 3. The molecule has 0 spiro atoms. The van der Waals surface area contributed by atoms with Crippen molar-refractivity contribution in [3.63, 3.8) is 0 Å². The SMILES string of the molecule is CSCC1CN(c2ccc(C(C)C)c3cc(Nc4ccnc(C(=CN)C5=NC(C(F)F)CC5)n4)ncc23)C1. The molecule has 2 aliphatic rings. The second kappa shape index (κ2) is 11.2. The molecule has 1 aromatic carbocycles. The van der Waals surface area contributed by atoms with E-state index in [-0.39, 0.29) is 0 Å². The van der Waals surface area contributed by atoms with Crippen molar-refractivity contribution in [3.8, 4) is 0 Å². The summed E-state index contributed by atoms with van der Waals surface area (Å²) >= 11 is 1.90. The summed E-state index contributed by atoms with van der Waals surface area (Å²) in [7, 11) is 0. The van der Waals surface area contributed by atoms with Crippen molar-refractivity contribution >= 4 is 51.1 Å². The lowest BCUT2D eigenvalue weighted by atomic mass is 9.93. The van der Waals surface area contributed by atoms with Gasteiger partial charge in [0.05, 0.1) is 5.57 Å². The molecule has 38 heavy (non-hydrogen) atoms. The first-order valence-corrected chi connectivity index (χ1v) is 14.3. The maximum Gasteiger partial charge on any atom is 0.260 e. The first-order chi connectivity index (χ1) is 18.4. The van der Waals surface area contributed by atoms with Crippen LogP contribution in [0.1, 0.15) is 44.0 Å². The normalized spacial score (nSPS) is 18.4. The van der Waals surface area contributed by atoms with Crippen LogP contribution in [0.3, 0.4) is 0 Å². The van der Waals surface area contributed by atoms with Gasteiger partial charge in [0.1, 0.15) is 17.7 Å². The molecule has 5 rings (SSSR count). The van der Waals surface area contributed by atoms with Crippen LogP contribution in [0.4, 0.5) is 26.1 Å². The lowest BCUT2D eigenvalue weighted by Gasteiger charge is -2.41. The molecule has 0 saturated carbocycles. The highest BCUT2D eigenvalue weighted by molar-refractivity contribution is 7.98. The van der Waals surface area contributed by atoms with Gasteiger partial charge in [-0.3, -0.25) is 4.99 Å². The predicted molar refractivity (Wildman–Crippen MR) is 154 cm³/mol. The van der Waals surface area contributed by atoms with Crippen molar-refractivity contribution in [1.82, 2.24) is 15.0 Å². The number of nitrogens with two attached hydrogens (primary N) is 1. The van der Waals surface area contributed by atoms with E-state index in [1.807, 2.05) is 18.0 Å². The van der Waals surface area contributed by atoms with Gasteiger partial charge in [-0.15, -0.1) is 0 Å². The fourth-order valence-corrected chi connectivity index (χ4v) is 5.87. The summed E-state index contributed by atoms with van der Waals surface area (Å²) in [5, 5.41) is 5.61. The van der Waals surface area contributed by atoms with E-state index in [1.54, 1.807) is 12.3 Å². The van der Waals surface area contributed by atoms with Gasteiger partial charge in [-0.1, -0.05) is 19.9 Å². The number of hydrogen-bond donors (Lipinski definition) is 2. The van der Waals surface area contributed by atoms with Crippen LogP contribution in [-0.4, -0.2) is 58.2 Å². The van der Waals surface area contributed by atoms with Crippen molar-refractivity contribution in [2.45, 2.75) is 45.1 Å². The van der Waals surface area contributed by atoms with Crippen molar-refractivity contribution in [2.75, 3.05) is 35.3 Å². The number of alkyl halides is 2. The van der Waals surface area contributed by atoms with Crippen LogP contribution in [0.25, 0.3) is 16.3 Å². The highest BCUT2D eigenvalue weighted by Crippen LogP contribution is 2.37. The number of allylic oxidation sites excluding steroid dienone is 1. The highest BCUT2D eigenvalue weighted by atomic mass is 32.2. The molecule has 1 fully saturated rings. The number of aliphatic imine (C=N–C) groups is 1. The summed E-state index contributed by atoms with van der Waals surface area (Å²) in [5.41, 5.74) is 9.32. The van der Waals surface area contributed by atoms with E-state index in [4.69, 9.17) is 10.7 Å². The Morgan fingerprint density at radius 1 is 1.18 bits per heavy atom. The van der Waals surface area contributed by atoms with Crippen molar-refractivity contribution in [2.24, 2.45) is 16.6 Å². The van der Waals surface area contributed by atoms with E-state index in [9.17, 15) is 8.78 Å². The molecule has 1 saturated heterocycles. The van der Waals surface area contributed by atoms with Crippen LogP contribution in [-0.2, 0) is 0 Å². The lowest BCUT2D eigenvalue weighted by molar-refractivity contribution is 0.117. The van der Waals surface area contributed by atoms with Gasteiger partial charge < -0.3 is 16.0 Å². The molecular weight excluding hydrogens is 504 g/mol. The van der Waals surface area contributed by atoms with E-state index >= 15 is 0 Å². The van der Waals surface area contributed by atoms with Gasteiger partial charge in [0.2, 0.25) is 0 Å². The van der Waals surface area contributed by atoms with Crippen molar-refractivity contribution < 1.29 is 8.78 Å². The molecule has 2 aliphatic heterocycles. The van der Waals surface area contributed by atoms with E-state index in [1.165, 1.54) is 28.6 Å². The fourth-order valence-electron chi connectivity index (χ4n) is 5.19. The number of hydrogen-bond acceptors (Lipinski definition) is 8. The molecule has 0 amide bonds. The Kier molecular flexibility index (Phi) is 7.78. The molecule has 0 bridgehead atoms. The van der Waals surface area contributed by atoms with Crippen molar-refractivity contribution in [3.05, 3.63) is 54.2 Å². The molecule has 3 N–H and O–H groups in total. The number of rotatable bonds is 9. The topological polar surface area (TPSA) is 92.3 Å². The zero-order chi connectivity index (χ0) is 26.8. The number of nitrogens with one attached hydrogen (secondary N) is 1. The molecular formula is C28H33F2N7S. The zero-order valence-corrected chi connectivity index (χ0v) is 22.7. The number of halogens is 2. The van der Waals surface area contributed by atoms with E-state index in [2.05, 4.69) is 63.5 Å².